The number of pyridine rings is 1. The maximum Gasteiger partial charge on any atom is 0.307 e. The number of thiophene rings is 1. The Bertz CT molecular complexity index is 651. The van der Waals surface area contributed by atoms with Crippen molar-refractivity contribution in [1.29, 1.82) is 0 Å². The fourth-order valence-electron chi connectivity index (χ4n) is 1.83. The van der Waals surface area contributed by atoms with Crippen LogP contribution in [-0.2, 0) is 9.53 Å². The van der Waals surface area contributed by atoms with Crippen LogP contribution < -0.4 is 5.32 Å². The summed E-state index contributed by atoms with van der Waals surface area (Å²) >= 11 is 1.41. The molecule has 0 aliphatic rings. The average Bonchev–Trinajstić information content (AvgIpc) is 2.90. The van der Waals surface area contributed by atoms with Gasteiger partial charge in [-0.1, -0.05) is 6.92 Å². The Kier molecular flexibility index (Phi) is 5.27. The summed E-state index contributed by atoms with van der Waals surface area (Å²) in [7, 11) is 0. The van der Waals surface area contributed by atoms with Crippen LogP contribution >= 0.6 is 11.3 Å². The number of hydrogen-bond donors (Lipinski definition) is 1. The third-order valence-corrected chi connectivity index (χ3v) is 4.17. The highest BCUT2D eigenvalue weighted by molar-refractivity contribution is 7.20. The fraction of sp³-hybridized carbons (Fsp3) is 0.400. The summed E-state index contributed by atoms with van der Waals surface area (Å²) in [4.78, 5) is 28.2. The molecule has 2 aromatic heterocycles. The Morgan fingerprint density at radius 3 is 2.95 bits per heavy atom. The van der Waals surface area contributed by atoms with Gasteiger partial charge in [-0.25, -0.2) is 0 Å². The topological polar surface area (TPSA) is 68.3 Å². The first kappa shape index (κ1) is 15.4. The highest BCUT2D eigenvalue weighted by Crippen LogP contribution is 2.26. The van der Waals surface area contributed by atoms with Crippen molar-refractivity contribution in [3.63, 3.8) is 0 Å². The standard InChI is InChI=1S/C15H18N2O3S/c1-3-8-20-13(18)5-7-17-15(19)12-9-11-14(21-12)10(2)4-6-16-11/h4,6,9H,3,5,7-8H2,1-2H3,(H,17,19). The highest BCUT2D eigenvalue weighted by atomic mass is 32.1. The van der Waals surface area contributed by atoms with E-state index in [0.29, 0.717) is 11.5 Å². The normalized spacial score (nSPS) is 10.6. The Balaban J connectivity index is 1.90. The van der Waals surface area contributed by atoms with Gasteiger partial charge in [-0.2, -0.15) is 0 Å². The van der Waals surface area contributed by atoms with Crippen molar-refractivity contribution < 1.29 is 14.3 Å². The number of hydrogen-bond acceptors (Lipinski definition) is 5. The first-order valence-electron chi connectivity index (χ1n) is 6.90. The molecule has 0 bridgehead atoms. The van der Waals surface area contributed by atoms with Crippen LogP contribution in [-0.4, -0.2) is 30.0 Å². The first-order valence-corrected chi connectivity index (χ1v) is 7.72. The van der Waals surface area contributed by atoms with Crippen LogP contribution in [0.3, 0.4) is 0 Å². The molecule has 0 aliphatic heterocycles. The molecule has 2 aromatic rings. The fourth-order valence-corrected chi connectivity index (χ4v) is 2.83. The van der Waals surface area contributed by atoms with E-state index in [9.17, 15) is 9.59 Å². The molecule has 0 unspecified atom stereocenters. The van der Waals surface area contributed by atoms with Crippen LogP contribution in [0.25, 0.3) is 10.2 Å². The maximum atomic E-state index is 12.0. The van der Waals surface area contributed by atoms with Crippen molar-refractivity contribution in [2.24, 2.45) is 0 Å². The predicted molar refractivity (Wildman–Crippen MR) is 82.6 cm³/mol. The largest absolute Gasteiger partial charge is 0.466 e. The molecule has 2 rings (SSSR count). The van der Waals surface area contributed by atoms with Crippen molar-refractivity contribution in [1.82, 2.24) is 10.3 Å². The molecule has 5 nitrogen and oxygen atoms in total. The number of aryl methyl sites for hydroxylation is 1. The van der Waals surface area contributed by atoms with Crippen molar-refractivity contribution >= 4 is 33.4 Å². The maximum absolute atomic E-state index is 12.0. The number of carbonyl (C=O) groups is 2. The number of fused-ring (bicyclic) bond motifs is 1. The van der Waals surface area contributed by atoms with Gasteiger partial charge in [0.05, 0.1) is 28.1 Å². The Hall–Kier alpha value is -1.95. The van der Waals surface area contributed by atoms with Crippen molar-refractivity contribution in [3.05, 3.63) is 28.8 Å². The van der Waals surface area contributed by atoms with Gasteiger partial charge in [0.2, 0.25) is 0 Å². The third-order valence-electron chi connectivity index (χ3n) is 2.91. The van der Waals surface area contributed by atoms with Gasteiger partial charge in [0.15, 0.2) is 0 Å². The summed E-state index contributed by atoms with van der Waals surface area (Å²) < 4.78 is 5.96. The zero-order valence-electron chi connectivity index (χ0n) is 12.1. The number of rotatable bonds is 6. The lowest BCUT2D eigenvalue weighted by molar-refractivity contribution is -0.143. The van der Waals surface area contributed by atoms with E-state index in [0.717, 1.165) is 22.2 Å². The van der Waals surface area contributed by atoms with Crippen LogP contribution in [0.2, 0.25) is 0 Å². The monoisotopic (exact) mass is 306 g/mol. The molecule has 0 fully saturated rings. The van der Waals surface area contributed by atoms with Crippen molar-refractivity contribution in [3.8, 4) is 0 Å². The summed E-state index contributed by atoms with van der Waals surface area (Å²) in [6, 6.07) is 3.70. The molecule has 6 heteroatoms. The Morgan fingerprint density at radius 2 is 2.24 bits per heavy atom. The van der Waals surface area contributed by atoms with E-state index in [1.165, 1.54) is 11.3 Å². The quantitative estimate of drug-likeness (QED) is 0.833. The summed E-state index contributed by atoms with van der Waals surface area (Å²) in [5, 5.41) is 2.73. The molecule has 0 atom stereocenters. The van der Waals surface area contributed by atoms with E-state index in [4.69, 9.17) is 4.74 Å². The average molecular weight is 306 g/mol. The van der Waals surface area contributed by atoms with Gasteiger partial charge < -0.3 is 10.1 Å². The summed E-state index contributed by atoms with van der Waals surface area (Å²) in [6.07, 6.45) is 2.72. The minimum Gasteiger partial charge on any atom is -0.466 e. The number of aromatic nitrogens is 1. The van der Waals surface area contributed by atoms with Gasteiger partial charge >= 0.3 is 5.97 Å². The van der Waals surface area contributed by atoms with E-state index in [-0.39, 0.29) is 24.8 Å². The SMILES string of the molecule is CCCOC(=O)CCNC(=O)c1cc2nccc(C)c2s1. The molecule has 0 aliphatic carbocycles. The molecule has 0 aromatic carbocycles. The molecule has 0 saturated carbocycles. The number of nitrogens with one attached hydrogen (secondary N) is 1. The molecular weight excluding hydrogens is 288 g/mol. The van der Waals surface area contributed by atoms with Crippen LogP contribution in [0.5, 0.6) is 0 Å². The minimum atomic E-state index is -0.286. The van der Waals surface area contributed by atoms with Crippen LogP contribution in [0.4, 0.5) is 0 Å². The van der Waals surface area contributed by atoms with E-state index in [1.54, 1.807) is 12.3 Å². The van der Waals surface area contributed by atoms with Crippen molar-refractivity contribution in [2.45, 2.75) is 26.7 Å². The van der Waals surface area contributed by atoms with Crippen molar-refractivity contribution in [2.75, 3.05) is 13.2 Å². The zero-order chi connectivity index (χ0) is 15.2. The van der Waals surface area contributed by atoms with Gasteiger partial charge in [0.1, 0.15) is 0 Å². The second kappa shape index (κ2) is 7.17. The second-order valence-corrected chi connectivity index (χ2v) is 5.73. The van der Waals surface area contributed by atoms with Crippen LogP contribution in [0, 0.1) is 6.92 Å². The van der Waals surface area contributed by atoms with Crippen LogP contribution in [0.1, 0.15) is 35.0 Å². The summed E-state index contributed by atoms with van der Waals surface area (Å²) in [5.41, 5.74) is 1.93. The lowest BCUT2D eigenvalue weighted by atomic mass is 10.2. The lowest BCUT2D eigenvalue weighted by Crippen LogP contribution is -2.25. The van der Waals surface area contributed by atoms with Gasteiger partial charge in [-0.3, -0.25) is 14.6 Å². The Morgan fingerprint density at radius 1 is 1.43 bits per heavy atom. The summed E-state index contributed by atoms with van der Waals surface area (Å²) in [6.45, 7) is 4.63. The molecule has 2 heterocycles. The third kappa shape index (κ3) is 4.01. The van der Waals surface area contributed by atoms with Gasteiger partial charge in [0, 0.05) is 12.7 Å². The number of esters is 1. The molecule has 112 valence electrons. The molecular formula is C15H18N2O3S. The van der Waals surface area contributed by atoms with E-state index in [2.05, 4.69) is 10.3 Å². The predicted octanol–water partition coefficient (Wildman–Crippen LogP) is 2.68. The number of amides is 1. The van der Waals surface area contributed by atoms with Gasteiger partial charge in [0.25, 0.3) is 5.91 Å². The summed E-state index contributed by atoms with van der Waals surface area (Å²) in [5.74, 6) is -0.466. The molecule has 1 amide bonds. The minimum absolute atomic E-state index is 0.180. The second-order valence-electron chi connectivity index (χ2n) is 4.68. The molecule has 0 radical (unpaired) electrons. The highest BCUT2D eigenvalue weighted by Gasteiger charge is 2.12. The van der Waals surface area contributed by atoms with Crippen LogP contribution in [0.15, 0.2) is 18.3 Å². The first-order chi connectivity index (χ1) is 10.1. The molecule has 1 N–H and O–H groups in total. The number of nitrogens with zero attached hydrogens (tertiary/aromatic N) is 1. The number of ether oxygens (including phenoxy) is 1. The van der Waals surface area contributed by atoms with E-state index in [1.807, 2.05) is 19.9 Å². The molecule has 21 heavy (non-hydrogen) atoms. The molecule has 0 saturated heterocycles. The smallest absolute Gasteiger partial charge is 0.307 e. The molecule has 0 spiro atoms. The van der Waals surface area contributed by atoms with E-state index >= 15 is 0 Å². The van der Waals surface area contributed by atoms with Gasteiger partial charge in [-0.15, -0.1) is 11.3 Å². The zero-order valence-corrected chi connectivity index (χ0v) is 13.0. The number of carbonyl (C=O) groups excluding carboxylic acids is 2. The Labute approximate surface area is 127 Å². The van der Waals surface area contributed by atoms with E-state index < -0.39 is 0 Å². The lowest BCUT2D eigenvalue weighted by Gasteiger charge is -2.04. The van der Waals surface area contributed by atoms with Gasteiger partial charge in [-0.05, 0) is 31.0 Å².